The minimum atomic E-state index is -0.518. The average molecular weight is 552 g/mol. The van der Waals surface area contributed by atoms with E-state index < -0.39 is 5.25 Å². The molecule has 1 atom stereocenters. The number of fused-ring (bicyclic) bond motifs is 3. The Morgan fingerprint density at radius 3 is 2.53 bits per heavy atom. The summed E-state index contributed by atoms with van der Waals surface area (Å²) in [6.07, 6.45) is 0.510. The molecule has 2 aliphatic rings. The molecular formula is C27H22ClN3O6S. The van der Waals surface area contributed by atoms with Gasteiger partial charge in [0.05, 0.1) is 22.7 Å². The van der Waals surface area contributed by atoms with Gasteiger partial charge in [-0.3, -0.25) is 14.2 Å². The zero-order chi connectivity index (χ0) is 26.2. The number of nitrogens with zero attached hydrogens (tertiary/aromatic N) is 2. The van der Waals surface area contributed by atoms with Crippen LogP contribution in [0.4, 0.5) is 5.69 Å². The summed E-state index contributed by atoms with van der Waals surface area (Å²) in [7, 11) is 0. The van der Waals surface area contributed by atoms with Gasteiger partial charge in [0.25, 0.3) is 5.56 Å². The van der Waals surface area contributed by atoms with Crippen molar-refractivity contribution in [1.29, 1.82) is 0 Å². The van der Waals surface area contributed by atoms with Crippen molar-refractivity contribution in [1.82, 2.24) is 9.55 Å². The van der Waals surface area contributed by atoms with Gasteiger partial charge in [0.2, 0.25) is 19.5 Å². The number of hydrogen-bond acceptors (Lipinski definition) is 8. The number of halogens is 1. The molecule has 9 nitrogen and oxygen atoms in total. The van der Waals surface area contributed by atoms with Gasteiger partial charge >= 0.3 is 0 Å². The molecule has 0 spiro atoms. The number of nitrogens with one attached hydrogen (secondary N) is 1. The smallest absolute Gasteiger partial charge is 0.262 e. The highest BCUT2D eigenvalue weighted by Crippen LogP contribution is 2.36. The van der Waals surface area contributed by atoms with Gasteiger partial charge in [0.1, 0.15) is 0 Å². The lowest BCUT2D eigenvalue weighted by Gasteiger charge is -2.18. The standard InChI is InChI=1S/C27H22ClN3O6S/c1-2-24(25(32)29-17-5-3-4-16(28)9-17)38-27-30-19-11-23-22(36-14-37-23)10-18(19)26(33)31(27)12-15-6-7-20-21(8-15)35-13-34-20/h3-11,24H,2,12-14H2,1H3,(H,29,32). The van der Waals surface area contributed by atoms with E-state index in [4.69, 9.17) is 35.5 Å². The molecule has 38 heavy (non-hydrogen) atoms. The van der Waals surface area contributed by atoms with Crippen LogP contribution in [0.5, 0.6) is 23.0 Å². The second kappa shape index (κ2) is 10.1. The Morgan fingerprint density at radius 2 is 1.76 bits per heavy atom. The molecule has 0 aliphatic carbocycles. The maximum Gasteiger partial charge on any atom is 0.262 e. The molecule has 0 saturated heterocycles. The van der Waals surface area contributed by atoms with Crippen LogP contribution < -0.4 is 29.8 Å². The topological polar surface area (TPSA) is 101 Å². The van der Waals surface area contributed by atoms with Crippen molar-refractivity contribution in [3.8, 4) is 23.0 Å². The molecule has 11 heteroatoms. The van der Waals surface area contributed by atoms with Crippen LogP contribution in [-0.4, -0.2) is 34.3 Å². The quantitative estimate of drug-likeness (QED) is 0.251. The fourth-order valence-corrected chi connectivity index (χ4v) is 5.48. The maximum atomic E-state index is 13.8. The molecule has 0 saturated carbocycles. The summed E-state index contributed by atoms with van der Waals surface area (Å²) in [6.45, 7) is 2.38. The number of benzene rings is 3. The number of rotatable bonds is 7. The molecule has 1 amide bonds. The van der Waals surface area contributed by atoms with Crippen LogP contribution in [0.2, 0.25) is 5.02 Å². The lowest BCUT2D eigenvalue weighted by atomic mass is 10.2. The van der Waals surface area contributed by atoms with Crippen molar-refractivity contribution in [3.05, 3.63) is 75.5 Å². The molecule has 2 aliphatic heterocycles. The first-order chi connectivity index (χ1) is 18.5. The molecule has 6 rings (SSSR count). The van der Waals surface area contributed by atoms with E-state index in [0.29, 0.717) is 56.2 Å². The molecule has 0 fully saturated rings. The van der Waals surface area contributed by atoms with Gasteiger partial charge in [-0.25, -0.2) is 4.98 Å². The molecule has 1 N–H and O–H groups in total. The highest BCUT2D eigenvalue weighted by atomic mass is 35.5. The van der Waals surface area contributed by atoms with E-state index in [1.165, 1.54) is 11.8 Å². The number of anilines is 1. The SMILES string of the molecule is CCC(Sc1nc2cc3c(cc2c(=O)n1Cc1ccc2c(c1)OCO2)OCO3)C(=O)Nc1cccc(Cl)c1. The lowest BCUT2D eigenvalue weighted by Crippen LogP contribution is -2.28. The van der Waals surface area contributed by atoms with Crippen molar-refractivity contribution < 1.29 is 23.7 Å². The van der Waals surface area contributed by atoms with Gasteiger partial charge in [-0.1, -0.05) is 42.4 Å². The van der Waals surface area contributed by atoms with E-state index in [1.807, 2.05) is 25.1 Å². The fraction of sp³-hybridized carbons (Fsp3) is 0.222. The van der Waals surface area contributed by atoms with Gasteiger partial charge in [-0.15, -0.1) is 0 Å². The first kappa shape index (κ1) is 24.4. The predicted octanol–water partition coefficient (Wildman–Crippen LogP) is 5.07. The van der Waals surface area contributed by atoms with Crippen molar-refractivity contribution in [2.45, 2.75) is 30.3 Å². The number of carbonyl (C=O) groups is 1. The van der Waals surface area contributed by atoms with E-state index in [9.17, 15) is 9.59 Å². The Morgan fingerprint density at radius 1 is 1.03 bits per heavy atom. The number of amides is 1. The number of aromatic nitrogens is 2. The Kier molecular flexibility index (Phi) is 6.50. The predicted molar refractivity (Wildman–Crippen MR) is 144 cm³/mol. The molecule has 0 radical (unpaired) electrons. The second-order valence-corrected chi connectivity index (χ2v) is 10.3. The van der Waals surface area contributed by atoms with Gasteiger partial charge in [0.15, 0.2) is 28.2 Å². The first-order valence-corrected chi connectivity index (χ1v) is 13.2. The largest absolute Gasteiger partial charge is 0.454 e. The monoisotopic (exact) mass is 551 g/mol. The van der Waals surface area contributed by atoms with Gasteiger partial charge in [-0.05, 0) is 48.4 Å². The molecular weight excluding hydrogens is 530 g/mol. The third kappa shape index (κ3) is 4.72. The van der Waals surface area contributed by atoms with Crippen molar-refractivity contribution >= 4 is 45.9 Å². The van der Waals surface area contributed by atoms with Crippen LogP contribution in [0.25, 0.3) is 10.9 Å². The Balaban J connectivity index is 1.38. The van der Waals surface area contributed by atoms with E-state index in [0.717, 1.165) is 5.56 Å². The summed E-state index contributed by atoms with van der Waals surface area (Å²) in [5.41, 5.74) is 1.64. The van der Waals surface area contributed by atoms with Crippen LogP contribution in [0.1, 0.15) is 18.9 Å². The number of ether oxygens (including phenoxy) is 4. The minimum absolute atomic E-state index is 0.0836. The van der Waals surface area contributed by atoms with Crippen molar-refractivity contribution in [2.75, 3.05) is 18.9 Å². The Labute approximate surface area is 226 Å². The normalized spacial score (nSPS) is 14.1. The summed E-state index contributed by atoms with van der Waals surface area (Å²) in [4.78, 5) is 31.8. The van der Waals surface area contributed by atoms with Gasteiger partial charge in [-0.2, -0.15) is 0 Å². The second-order valence-electron chi connectivity index (χ2n) is 8.71. The zero-order valence-corrected chi connectivity index (χ0v) is 21.8. The molecule has 4 aromatic rings. The van der Waals surface area contributed by atoms with Gasteiger partial charge < -0.3 is 24.3 Å². The van der Waals surface area contributed by atoms with Crippen molar-refractivity contribution in [3.63, 3.8) is 0 Å². The van der Waals surface area contributed by atoms with Crippen LogP contribution >= 0.6 is 23.4 Å². The molecule has 1 aromatic heterocycles. The minimum Gasteiger partial charge on any atom is -0.454 e. The molecule has 194 valence electrons. The Hall–Kier alpha value is -3.89. The lowest BCUT2D eigenvalue weighted by molar-refractivity contribution is -0.115. The summed E-state index contributed by atoms with van der Waals surface area (Å²) in [5.74, 6) is 2.09. The average Bonchev–Trinajstić information content (AvgIpc) is 3.57. The molecule has 0 bridgehead atoms. The van der Waals surface area contributed by atoms with Crippen molar-refractivity contribution in [2.24, 2.45) is 0 Å². The van der Waals surface area contributed by atoms with E-state index >= 15 is 0 Å². The third-order valence-corrected chi connectivity index (χ3v) is 7.78. The maximum absolute atomic E-state index is 13.8. The first-order valence-electron chi connectivity index (χ1n) is 11.9. The molecule has 3 aromatic carbocycles. The summed E-state index contributed by atoms with van der Waals surface area (Å²) in [5, 5.41) is 3.72. The highest BCUT2D eigenvalue weighted by molar-refractivity contribution is 8.00. The number of hydrogen-bond donors (Lipinski definition) is 1. The zero-order valence-electron chi connectivity index (χ0n) is 20.2. The van der Waals surface area contributed by atoms with Crippen LogP contribution in [0, 0.1) is 0 Å². The molecule has 1 unspecified atom stereocenters. The summed E-state index contributed by atoms with van der Waals surface area (Å²) in [6, 6.07) is 15.8. The van der Waals surface area contributed by atoms with Crippen LogP contribution in [0.3, 0.4) is 0 Å². The van der Waals surface area contributed by atoms with Crippen LogP contribution in [-0.2, 0) is 11.3 Å². The van der Waals surface area contributed by atoms with E-state index in [1.54, 1.807) is 41.0 Å². The van der Waals surface area contributed by atoms with E-state index in [2.05, 4.69) is 5.32 Å². The third-order valence-electron chi connectivity index (χ3n) is 6.19. The number of carbonyl (C=O) groups excluding carboxylic acids is 1. The Bertz CT molecular complexity index is 1620. The molecule has 3 heterocycles. The highest BCUT2D eigenvalue weighted by Gasteiger charge is 2.25. The van der Waals surface area contributed by atoms with Gasteiger partial charge in [0, 0.05) is 16.8 Å². The summed E-state index contributed by atoms with van der Waals surface area (Å²) >= 11 is 7.31. The number of thioether (sulfide) groups is 1. The summed E-state index contributed by atoms with van der Waals surface area (Å²) < 4.78 is 23.5. The fourth-order valence-electron chi connectivity index (χ4n) is 4.28. The van der Waals surface area contributed by atoms with E-state index in [-0.39, 0.29) is 31.6 Å². The van der Waals surface area contributed by atoms with Crippen LogP contribution in [0.15, 0.2) is 64.5 Å².